The van der Waals surface area contributed by atoms with Gasteiger partial charge in [0.1, 0.15) is 0 Å². The first-order valence-electron chi connectivity index (χ1n) is 4.85. The Labute approximate surface area is 89.7 Å². The van der Waals surface area contributed by atoms with Crippen LogP contribution >= 0.6 is 11.6 Å². The van der Waals surface area contributed by atoms with Gasteiger partial charge in [0.25, 0.3) is 0 Å². The Morgan fingerprint density at radius 3 is 2.64 bits per heavy atom. The van der Waals surface area contributed by atoms with E-state index in [1.165, 1.54) is 0 Å². The first kappa shape index (κ1) is 11.5. The topological polar surface area (TPSA) is 46.2 Å². The van der Waals surface area contributed by atoms with Crippen molar-refractivity contribution in [2.24, 2.45) is 5.73 Å². The van der Waals surface area contributed by atoms with Crippen molar-refractivity contribution < 1.29 is 5.11 Å². The first-order valence-corrected chi connectivity index (χ1v) is 5.22. The van der Waals surface area contributed by atoms with Gasteiger partial charge < -0.3 is 10.8 Å². The lowest BCUT2D eigenvalue weighted by Gasteiger charge is -2.19. The predicted octanol–water partition coefficient (Wildman–Crippen LogP) is 2.50. The molecule has 0 bridgehead atoms. The van der Waals surface area contributed by atoms with Crippen molar-refractivity contribution in [2.45, 2.75) is 31.9 Å². The molecule has 14 heavy (non-hydrogen) atoms. The Bertz CT molecular complexity index is 290. The highest BCUT2D eigenvalue weighted by atomic mass is 35.5. The van der Waals surface area contributed by atoms with Crippen LogP contribution in [-0.4, -0.2) is 11.2 Å². The smallest absolute Gasteiger partial charge is 0.0733 e. The number of nitrogens with two attached hydrogens (primary N) is 1. The summed E-state index contributed by atoms with van der Waals surface area (Å²) in [6.07, 6.45) is 1.10. The van der Waals surface area contributed by atoms with Crippen LogP contribution in [0.25, 0.3) is 0 Å². The molecule has 0 saturated carbocycles. The van der Waals surface area contributed by atoms with Crippen molar-refractivity contribution in [3.63, 3.8) is 0 Å². The molecule has 3 N–H and O–H groups in total. The molecule has 0 radical (unpaired) electrons. The third-order valence-electron chi connectivity index (χ3n) is 2.26. The summed E-state index contributed by atoms with van der Waals surface area (Å²) in [5.41, 5.74) is 6.71. The van der Waals surface area contributed by atoms with Crippen LogP contribution < -0.4 is 5.73 Å². The first-order chi connectivity index (χ1) is 6.66. The molecule has 1 rings (SSSR count). The van der Waals surface area contributed by atoms with E-state index in [4.69, 9.17) is 17.3 Å². The fourth-order valence-electron chi connectivity index (χ4n) is 1.43. The van der Waals surface area contributed by atoms with E-state index in [-0.39, 0.29) is 6.04 Å². The van der Waals surface area contributed by atoms with Crippen LogP contribution in [0, 0.1) is 0 Å². The number of aliphatic hydroxyl groups is 1. The molecule has 0 saturated heterocycles. The Morgan fingerprint density at radius 2 is 2.07 bits per heavy atom. The second-order valence-corrected chi connectivity index (χ2v) is 3.81. The predicted molar refractivity (Wildman–Crippen MR) is 59.3 cm³/mol. The molecule has 3 heteroatoms. The lowest BCUT2D eigenvalue weighted by molar-refractivity contribution is 0.134. The monoisotopic (exact) mass is 213 g/mol. The van der Waals surface area contributed by atoms with E-state index >= 15 is 0 Å². The van der Waals surface area contributed by atoms with Gasteiger partial charge in [-0.25, -0.2) is 0 Å². The quantitative estimate of drug-likeness (QED) is 0.808. The van der Waals surface area contributed by atoms with Gasteiger partial charge in [-0.2, -0.15) is 0 Å². The molecule has 0 unspecified atom stereocenters. The SMILES string of the molecule is CCC[C@H](O)[C@H](N)c1ccccc1Cl. The van der Waals surface area contributed by atoms with Gasteiger partial charge in [0.2, 0.25) is 0 Å². The van der Waals surface area contributed by atoms with E-state index in [9.17, 15) is 5.11 Å². The molecule has 0 aromatic heterocycles. The van der Waals surface area contributed by atoms with Gasteiger partial charge in [-0.3, -0.25) is 0 Å². The van der Waals surface area contributed by atoms with Gasteiger partial charge >= 0.3 is 0 Å². The van der Waals surface area contributed by atoms with Crippen LogP contribution in [0.3, 0.4) is 0 Å². The Hall–Kier alpha value is -0.570. The van der Waals surface area contributed by atoms with Crippen molar-refractivity contribution in [3.05, 3.63) is 34.9 Å². The molecule has 0 aliphatic carbocycles. The number of rotatable bonds is 4. The summed E-state index contributed by atoms with van der Waals surface area (Å²) in [7, 11) is 0. The molecule has 2 nitrogen and oxygen atoms in total. The van der Waals surface area contributed by atoms with Crippen molar-refractivity contribution in [1.29, 1.82) is 0 Å². The maximum atomic E-state index is 9.71. The van der Waals surface area contributed by atoms with Gasteiger partial charge in [0.15, 0.2) is 0 Å². The molecule has 0 spiro atoms. The minimum Gasteiger partial charge on any atom is -0.391 e. The summed E-state index contributed by atoms with van der Waals surface area (Å²) >= 11 is 5.97. The average molecular weight is 214 g/mol. The third-order valence-corrected chi connectivity index (χ3v) is 2.61. The summed E-state index contributed by atoms with van der Waals surface area (Å²) in [5, 5.41) is 10.3. The molecule has 2 atom stereocenters. The Morgan fingerprint density at radius 1 is 1.43 bits per heavy atom. The fourth-order valence-corrected chi connectivity index (χ4v) is 1.69. The average Bonchev–Trinajstić information content (AvgIpc) is 2.18. The third kappa shape index (κ3) is 2.71. The number of hydrogen-bond acceptors (Lipinski definition) is 2. The number of halogens is 1. The van der Waals surface area contributed by atoms with E-state index in [2.05, 4.69) is 0 Å². The van der Waals surface area contributed by atoms with E-state index in [1.54, 1.807) is 6.07 Å². The van der Waals surface area contributed by atoms with Crippen molar-refractivity contribution in [1.82, 2.24) is 0 Å². The zero-order valence-corrected chi connectivity index (χ0v) is 9.04. The highest BCUT2D eigenvalue weighted by molar-refractivity contribution is 6.31. The van der Waals surface area contributed by atoms with Gasteiger partial charge in [-0.15, -0.1) is 0 Å². The molecular formula is C11H16ClNO. The highest BCUT2D eigenvalue weighted by Crippen LogP contribution is 2.24. The normalized spacial score (nSPS) is 15.1. The van der Waals surface area contributed by atoms with E-state index < -0.39 is 6.10 Å². The second kappa shape index (κ2) is 5.35. The van der Waals surface area contributed by atoms with Crippen LogP contribution in [-0.2, 0) is 0 Å². The van der Waals surface area contributed by atoms with Crippen LogP contribution in [0.15, 0.2) is 24.3 Å². The Kier molecular flexibility index (Phi) is 4.39. The number of benzene rings is 1. The largest absolute Gasteiger partial charge is 0.391 e. The number of hydrogen-bond donors (Lipinski definition) is 2. The van der Waals surface area contributed by atoms with Crippen LogP contribution in [0.1, 0.15) is 31.4 Å². The lowest BCUT2D eigenvalue weighted by Crippen LogP contribution is -2.26. The molecule has 0 aliphatic rings. The summed E-state index contributed by atoms with van der Waals surface area (Å²) in [4.78, 5) is 0. The second-order valence-electron chi connectivity index (χ2n) is 3.40. The maximum absolute atomic E-state index is 9.71. The zero-order valence-electron chi connectivity index (χ0n) is 8.28. The zero-order chi connectivity index (χ0) is 10.6. The lowest BCUT2D eigenvalue weighted by atomic mass is 9.99. The summed E-state index contributed by atoms with van der Waals surface area (Å²) in [6, 6.07) is 6.98. The molecule has 1 aromatic rings. The van der Waals surface area contributed by atoms with Crippen LogP contribution in [0.5, 0.6) is 0 Å². The molecule has 0 aliphatic heterocycles. The fraction of sp³-hybridized carbons (Fsp3) is 0.455. The summed E-state index contributed by atoms with van der Waals surface area (Å²) in [5.74, 6) is 0. The molecule has 0 amide bonds. The van der Waals surface area contributed by atoms with E-state index in [0.717, 1.165) is 12.0 Å². The molecule has 78 valence electrons. The van der Waals surface area contributed by atoms with Crippen LogP contribution in [0.2, 0.25) is 5.02 Å². The van der Waals surface area contributed by atoms with E-state index in [0.29, 0.717) is 11.4 Å². The van der Waals surface area contributed by atoms with Crippen molar-refractivity contribution in [2.75, 3.05) is 0 Å². The Balaban J connectivity index is 2.78. The summed E-state index contributed by atoms with van der Waals surface area (Å²) in [6.45, 7) is 2.02. The van der Waals surface area contributed by atoms with Crippen molar-refractivity contribution in [3.8, 4) is 0 Å². The maximum Gasteiger partial charge on any atom is 0.0733 e. The van der Waals surface area contributed by atoms with Gasteiger partial charge in [0, 0.05) is 5.02 Å². The van der Waals surface area contributed by atoms with Gasteiger partial charge in [-0.05, 0) is 18.1 Å². The molecule has 0 heterocycles. The molecular weight excluding hydrogens is 198 g/mol. The van der Waals surface area contributed by atoms with E-state index in [1.807, 2.05) is 25.1 Å². The highest BCUT2D eigenvalue weighted by Gasteiger charge is 2.17. The summed E-state index contributed by atoms with van der Waals surface area (Å²) < 4.78 is 0. The molecule has 1 aromatic carbocycles. The van der Waals surface area contributed by atoms with Crippen molar-refractivity contribution >= 4 is 11.6 Å². The van der Waals surface area contributed by atoms with Gasteiger partial charge in [0.05, 0.1) is 12.1 Å². The standard InChI is InChI=1S/C11H16ClNO/c1-2-5-10(14)11(13)8-6-3-4-7-9(8)12/h3-4,6-7,10-11,14H,2,5,13H2,1H3/t10-,11+/m0/s1. The van der Waals surface area contributed by atoms with Crippen LogP contribution in [0.4, 0.5) is 0 Å². The van der Waals surface area contributed by atoms with Gasteiger partial charge in [-0.1, -0.05) is 43.1 Å². The number of aliphatic hydroxyl groups excluding tert-OH is 1. The molecule has 0 fully saturated rings. The minimum absolute atomic E-state index is 0.386. The minimum atomic E-state index is -0.514.